The first-order valence-corrected chi connectivity index (χ1v) is 8.80. The zero-order valence-electron chi connectivity index (χ0n) is 14.0. The van der Waals surface area contributed by atoms with Crippen LogP contribution in [0.2, 0.25) is 5.02 Å². The predicted molar refractivity (Wildman–Crippen MR) is 101 cm³/mol. The maximum absolute atomic E-state index is 11.9. The van der Waals surface area contributed by atoms with Crippen molar-refractivity contribution in [2.24, 2.45) is 4.99 Å². The van der Waals surface area contributed by atoms with Crippen molar-refractivity contribution in [3.8, 4) is 0 Å². The van der Waals surface area contributed by atoms with Gasteiger partial charge in [-0.25, -0.2) is 0 Å². The Hall–Kier alpha value is -2.01. The van der Waals surface area contributed by atoms with Crippen LogP contribution in [0.25, 0.3) is 0 Å². The maximum atomic E-state index is 11.9. The number of anilines is 1. The molecule has 3 N–H and O–H groups in total. The summed E-state index contributed by atoms with van der Waals surface area (Å²) in [5, 5.41) is 10.2. The number of guanidine groups is 1. The molecule has 1 aromatic rings. The predicted octanol–water partition coefficient (Wildman–Crippen LogP) is 3.33. The SMILES string of the molecule is CCNC(=NCCCC(=O)Nc1ccc(Cl)cc1)NC1CC=CC1. The first-order chi connectivity index (χ1) is 11.7. The lowest BCUT2D eigenvalue weighted by atomic mass is 10.2. The van der Waals surface area contributed by atoms with Crippen molar-refractivity contribution in [2.45, 2.75) is 38.6 Å². The molecule has 0 aliphatic heterocycles. The average Bonchev–Trinajstić information content (AvgIpc) is 3.07. The van der Waals surface area contributed by atoms with Crippen LogP contribution >= 0.6 is 11.6 Å². The van der Waals surface area contributed by atoms with Gasteiger partial charge >= 0.3 is 0 Å². The minimum Gasteiger partial charge on any atom is -0.357 e. The number of amides is 1. The van der Waals surface area contributed by atoms with Crippen LogP contribution in [0.3, 0.4) is 0 Å². The standard InChI is InChI=1S/C18H25ClN4O/c1-2-20-18(23-15-6-3-4-7-15)21-13-5-8-17(24)22-16-11-9-14(19)10-12-16/h3-4,9-12,15H,2,5-8,13H2,1H3,(H,22,24)(H2,20,21,23). The van der Waals surface area contributed by atoms with Crippen molar-refractivity contribution in [1.29, 1.82) is 0 Å². The molecule has 0 spiro atoms. The Morgan fingerprint density at radius 3 is 2.62 bits per heavy atom. The van der Waals surface area contributed by atoms with Crippen LogP contribution in [0.15, 0.2) is 41.4 Å². The van der Waals surface area contributed by atoms with Gasteiger partial charge in [0.05, 0.1) is 0 Å². The van der Waals surface area contributed by atoms with E-state index in [1.54, 1.807) is 24.3 Å². The van der Waals surface area contributed by atoms with E-state index in [0.717, 1.165) is 31.0 Å². The molecule has 1 aliphatic carbocycles. The second-order valence-corrected chi connectivity index (χ2v) is 6.14. The molecule has 0 bridgehead atoms. The van der Waals surface area contributed by atoms with Crippen LogP contribution in [0.4, 0.5) is 5.69 Å². The lowest BCUT2D eigenvalue weighted by Gasteiger charge is -2.16. The summed E-state index contributed by atoms with van der Waals surface area (Å²) in [4.78, 5) is 16.5. The Morgan fingerprint density at radius 1 is 1.25 bits per heavy atom. The van der Waals surface area contributed by atoms with E-state index in [1.807, 2.05) is 6.92 Å². The van der Waals surface area contributed by atoms with Gasteiger partial charge in [-0.15, -0.1) is 0 Å². The summed E-state index contributed by atoms with van der Waals surface area (Å²) in [7, 11) is 0. The van der Waals surface area contributed by atoms with Crippen LogP contribution in [-0.2, 0) is 4.79 Å². The van der Waals surface area contributed by atoms with Crippen LogP contribution in [0.1, 0.15) is 32.6 Å². The third-order valence-corrected chi connectivity index (χ3v) is 3.90. The van der Waals surface area contributed by atoms with Gasteiger partial charge in [0, 0.05) is 36.3 Å². The van der Waals surface area contributed by atoms with E-state index in [9.17, 15) is 4.79 Å². The normalized spacial score (nSPS) is 14.7. The molecule has 0 aromatic heterocycles. The quantitative estimate of drug-likeness (QED) is 0.306. The molecule has 6 heteroatoms. The van der Waals surface area contributed by atoms with Crippen molar-refractivity contribution < 1.29 is 4.79 Å². The number of carbonyl (C=O) groups is 1. The molecule has 1 aliphatic rings. The molecule has 2 rings (SSSR count). The fourth-order valence-electron chi connectivity index (χ4n) is 2.44. The second kappa shape index (κ2) is 9.98. The summed E-state index contributed by atoms with van der Waals surface area (Å²) in [6.07, 6.45) is 7.59. The second-order valence-electron chi connectivity index (χ2n) is 5.70. The highest BCUT2D eigenvalue weighted by Gasteiger charge is 2.11. The Kier molecular flexibility index (Phi) is 7.62. The largest absolute Gasteiger partial charge is 0.357 e. The molecular weight excluding hydrogens is 324 g/mol. The number of halogens is 1. The Balaban J connectivity index is 1.70. The molecule has 1 aromatic carbocycles. The number of hydrogen-bond donors (Lipinski definition) is 3. The van der Waals surface area contributed by atoms with Gasteiger partial charge in [-0.1, -0.05) is 23.8 Å². The Bertz CT molecular complexity index is 575. The summed E-state index contributed by atoms with van der Waals surface area (Å²) in [6.45, 7) is 3.48. The van der Waals surface area contributed by atoms with Crippen LogP contribution in [0.5, 0.6) is 0 Å². The van der Waals surface area contributed by atoms with Gasteiger partial charge in [-0.05, 0) is 50.5 Å². The van der Waals surface area contributed by atoms with E-state index in [4.69, 9.17) is 11.6 Å². The molecule has 0 atom stereocenters. The summed E-state index contributed by atoms with van der Waals surface area (Å²) < 4.78 is 0. The van der Waals surface area contributed by atoms with Gasteiger partial charge in [0.2, 0.25) is 5.91 Å². The molecule has 0 radical (unpaired) electrons. The minimum absolute atomic E-state index is 0.00882. The van der Waals surface area contributed by atoms with E-state index < -0.39 is 0 Å². The maximum Gasteiger partial charge on any atom is 0.224 e. The highest BCUT2D eigenvalue weighted by Crippen LogP contribution is 2.13. The first-order valence-electron chi connectivity index (χ1n) is 8.42. The van der Waals surface area contributed by atoms with Crippen LogP contribution < -0.4 is 16.0 Å². The third-order valence-electron chi connectivity index (χ3n) is 3.65. The van der Waals surface area contributed by atoms with Gasteiger partial charge in [0.25, 0.3) is 0 Å². The van der Waals surface area contributed by atoms with Crippen molar-refractivity contribution in [3.63, 3.8) is 0 Å². The molecule has 1 amide bonds. The van der Waals surface area contributed by atoms with Gasteiger partial charge in [-0.3, -0.25) is 9.79 Å². The monoisotopic (exact) mass is 348 g/mol. The molecule has 0 saturated carbocycles. The average molecular weight is 349 g/mol. The van der Waals surface area contributed by atoms with Crippen LogP contribution in [-0.4, -0.2) is 31.0 Å². The molecular formula is C18H25ClN4O. The summed E-state index contributed by atoms with van der Waals surface area (Å²) in [5.74, 6) is 0.815. The lowest BCUT2D eigenvalue weighted by Crippen LogP contribution is -2.42. The van der Waals surface area contributed by atoms with Crippen LogP contribution in [0, 0.1) is 0 Å². The number of hydrogen-bond acceptors (Lipinski definition) is 2. The topological polar surface area (TPSA) is 65.5 Å². The fraction of sp³-hybridized carbons (Fsp3) is 0.444. The highest BCUT2D eigenvalue weighted by atomic mass is 35.5. The van der Waals surface area contributed by atoms with Crippen molar-refractivity contribution >= 4 is 29.2 Å². The van der Waals surface area contributed by atoms with Crippen molar-refractivity contribution in [2.75, 3.05) is 18.4 Å². The number of rotatable bonds is 7. The van der Waals surface area contributed by atoms with Gasteiger partial charge in [0.15, 0.2) is 5.96 Å². The molecule has 24 heavy (non-hydrogen) atoms. The van der Waals surface area contributed by atoms with Gasteiger partial charge in [-0.2, -0.15) is 0 Å². The van der Waals surface area contributed by atoms with Gasteiger partial charge < -0.3 is 16.0 Å². The minimum atomic E-state index is -0.00882. The van der Waals surface area contributed by atoms with Crippen molar-refractivity contribution in [3.05, 3.63) is 41.4 Å². The van der Waals surface area contributed by atoms with E-state index in [0.29, 0.717) is 30.5 Å². The van der Waals surface area contributed by atoms with E-state index >= 15 is 0 Å². The fourth-order valence-corrected chi connectivity index (χ4v) is 2.56. The summed E-state index contributed by atoms with van der Waals surface area (Å²) >= 11 is 5.82. The first kappa shape index (κ1) is 18.3. The number of nitrogens with zero attached hydrogens (tertiary/aromatic N) is 1. The molecule has 0 heterocycles. The number of nitrogens with one attached hydrogen (secondary N) is 3. The summed E-state index contributed by atoms with van der Waals surface area (Å²) in [6, 6.07) is 7.53. The molecule has 0 unspecified atom stereocenters. The van der Waals surface area contributed by atoms with E-state index in [-0.39, 0.29) is 5.91 Å². The molecule has 130 valence electrons. The molecule has 0 fully saturated rings. The zero-order chi connectivity index (χ0) is 17.2. The van der Waals surface area contributed by atoms with Crippen molar-refractivity contribution in [1.82, 2.24) is 10.6 Å². The van der Waals surface area contributed by atoms with E-state index in [2.05, 4.69) is 33.1 Å². The summed E-state index contributed by atoms with van der Waals surface area (Å²) in [5.41, 5.74) is 0.761. The Labute approximate surface area is 148 Å². The lowest BCUT2D eigenvalue weighted by molar-refractivity contribution is -0.116. The molecule has 5 nitrogen and oxygen atoms in total. The smallest absolute Gasteiger partial charge is 0.224 e. The zero-order valence-corrected chi connectivity index (χ0v) is 14.8. The molecule has 0 saturated heterocycles. The number of carbonyl (C=O) groups excluding carboxylic acids is 1. The van der Waals surface area contributed by atoms with Gasteiger partial charge in [0.1, 0.15) is 0 Å². The number of aliphatic imine (C=N–C) groups is 1. The number of benzene rings is 1. The third kappa shape index (κ3) is 6.62. The van der Waals surface area contributed by atoms with E-state index in [1.165, 1.54) is 0 Å². The highest BCUT2D eigenvalue weighted by molar-refractivity contribution is 6.30. The Morgan fingerprint density at radius 2 is 1.96 bits per heavy atom.